The van der Waals surface area contributed by atoms with Crippen molar-refractivity contribution < 1.29 is 9.90 Å². The van der Waals surface area contributed by atoms with Gasteiger partial charge in [0.15, 0.2) is 10.8 Å². The first-order valence-electron chi connectivity index (χ1n) is 9.02. The van der Waals surface area contributed by atoms with Gasteiger partial charge in [-0.25, -0.2) is 9.67 Å². The molecule has 0 unspecified atom stereocenters. The quantitative estimate of drug-likeness (QED) is 0.390. The SMILES string of the molecule is Cc1ccc(-n2c(SCCC(=O)O)nc3c(cnn3-c3ccccc3)c2=O)cc1. The van der Waals surface area contributed by atoms with E-state index in [9.17, 15) is 9.59 Å². The molecular weight excluding hydrogens is 388 g/mol. The molecule has 0 spiro atoms. The first-order chi connectivity index (χ1) is 14.0. The summed E-state index contributed by atoms with van der Waals surface area (Å²) < 4.78 is 3.14. The van der Waals surface area contributed by atoms with Crippen molar-refractivity contribution in [2.45, 2.75) is 18.5 Å². The maximum atomic E-state index is 13.3. The molecule has 0 aliphatic heterocycles. The van der Waals surface area contributed by atoms with E-state index in [2.05, 4.69) is 5.10 Å². The van der Waals surface area contributed by atoms with Crippen molar-refractivity contribution in [1.82, 2.24) is 19.3 Å². The lowest BCUT2D eigenvalue weighted by atomic mass is 10.2. The Kier molecular flexibility index (Phi) is 5.18. The topological polar surface area (TPSA) is 90.0 Å². The Labute approximate surface area is 170 Å². The Morgan fingerprint density at radius 2 is 1.79 bits per heavy atom. The second-order valence-corrected chi connectivity index (χ2v) is 7.55. The number of thioether (sulfide) groups is 1. The smallest absolute Gasteiger partial charge is 0.304 e. The molecule has 2 aromatic heterocycles. The summed E-state index contributed by atoms with van der Waals surface area (Å²) in [5, 5.41) is 14.2. The lowest BCUT2D eigenvalue weighted by Crippen LogP contribution is -2.22. The minimum Gasteiger partial charge on any atom is -0.481 e. The van der Waals surface area contributed by atoms with Gasteiger partial charge < -0.3 is 5.11 Å². The fourth-order valence-corrected chi connectivity index (χ4v) is 3.88. The molecule has 0 saturated carbocycles. The molecule has 0 amide bonds. The summed E-state index contributed by atoms with van der Waals surface area (Å²) in [5.74, 6) is -0.587. The predicted octanol–water partition coefficient (Wildman–Crippen LogP) is 3.45. The number of benzene rings is 2. The molecule has 0 aliphatic carbocycles. The average Bonchev–Trinajstić information content (AvgIpc) is 3.14. The zero-order valence-electron chi connectivity index (χ0n) is 15.6. The van der Waals surface area contributed by atoms with E-state index in [1.165, 1.54) is 22.5 Å². The molecule has 0 fully saturated rings. The number of para-hydroxylation sites is 1. The second kappa shape index (κ2) is 7.92. The van der Waals surface area contributed by atoms with Crippen molar-refractivity contribution in [2.24, 2.45) is 0 Å². The van der Waals surface area contributed by atoms with E-state index < -0.39 is 5.97 Å². The molecule has 0 saturated heterocycles. The van der Waals surface area contributed by atoms with Crippen LogP contribution < -0.4 is 5.56 Å². The van der Waals surface area contributed by atoms with E-state index in [0.29, 0.717) is 27.6 Å². The molecule has 29 heavy (non-hydrogen) atoms. The summed E-state index contributed by atoms with van der Waals surface area (Å²) in [7, 11) is 0. The molecule has 146 valence electrons. The maximum Gasteiger partial charge on any atom is 0.304 e. The van der Waals surface area contributed by atoms with Crippen LogP contribution >= 0.6 is 11.8 Å². The summed E-state index contributed by atoms with van der Waals surface area (Å²) in [6, 6.07) is 17.0. The maximum absolute atomic E-state index is 13.3. The highest BCUT2D eigenvalue weighted by molar-refractivity contribution is 7.99. The number of hydrogen-bond acceptors (Lipinski definition) is 5. The molecule has 7 nitrogen and oxygen atoms in total. The van der Waals surface area contributed by atoms with Gasteiger partial charge in [-0.1, -0.05) is 47.7 Å². The van der Waals surface area contributed by atoms with E-state index >= 15 is 0 Å². The van der Waals surface area contributed by atoms with Gasteiger partial charge in [-0.05, 0) is 31.2 Å². The number of carboxylic acid groups (broad SMARTS) is 1. The van der Waals surface area contributed by atoms with Crippen molar-refractivity contribution in [1.29, 1.82) is 0 Å². The molecule has 1 N–H and O–H groups in total. The van der Waals surface area contributed by atoms with Gasteiger partial charge in [0.05, 0.1) is 24.0 Å². The zero-order valence-corrected chi connectivity index (χ0v) is 16.5. The fraction of sp³-hybridized carbons (Fsp3) is 0.143. The highest BCUT2D eigenvalue weighted by Gasteiger charge is 2.18. The van der Waals surface area contributed by atoms with E-state index in [0.717, 1.165) is 11.3 Å². The van der Waals surface area contributed by atoms with Gasteiger partial charge in [0, 0.05) is 5.75 Å². The zero-order chi connectivity index (χ0) is 20.4. The summed E-state index contributed by atoms with van der Waals surface area (Å²) in [4.78, 5) is 29.0. The van der Waals surface area contributed by atoms with Crippen LogP contribution in [0, 0.1) is 6.92 Å². The average molecular weight is 406 g/mol. The predicted molar refractivity (Wildman–Crippen MR) is 112 cm³/mol. The molecule has 0 bridgehead atoms. The van der Waals surface area contributed by atoms with Crippen molar-refractivity contribution >= 4 is 28.8 Å². The lowest BCUT2D eigenvalue weighted by molar-refractivity contribution is -0.136. The van der Waals surface area contributed by atoms with Gasteiger partial charge in [-0.3, -0.25) is 14.2 Å². The Morgan fingerprint density at radius 3 is 2.48 bits per heavy atom. The molecule has 4 rings (SSSR count). The second-order valence-electron chi connectivity index (χ2n) is 6.49. The van der Waals surface area contributed by atoms with E-state index in [4.69, 9.17) is 10.1 Å². The van der Waals surface area contributed by atoms with Crippen molar-refractivity contribution in [3.8, 4) is 11.4 Å². The minimum atomic E-state index is -0.892. The van der Waals surface area contributed by atoms with Gasteiger partial charge in [0.1, 0.15) is 5.39 Å². The summed E-state index contributed by atoms with van der Waals surface area (Å²) in [6.07, 6.45) is 1.50. The third kappa shape index (κ3) is 3.79. The molecular formula is C21H18N4O3S. The summed E-state index contributed by atoms with van der Waals surface area (Å²) >= 11 is 1.24. The molecule has 0 radical (unpaired) electrons. The first-order valence-corrected chi connectivity index (χ1v) is 10.0. The van der Waals surface area contributed by atoms with E-state index in [1.807, 2.05) is 61.5 Å². The van der Waals surface area contributed by atoms with Crippen molar-refractivity contribution in [2.75, 3.05) is 5.75 Å². The molecule has 2 heterocycles. The van der Waals surface area contributed by atoms with Crippen LogP contribution in [-0.4, -0.2) is 36.2 Å². The van der Waals surface area contributed by atoms with Crippen LogP contribution in [0.1, 0.15) is 12.0 Å². The van der Waals surface area contributed by atoms with Gasteiger partial charge in [0.25, 0.3) is 5.56 Å². The van der Waals surface area contributed by atoms with Crippen LogP contribution in [-0.2, 0) is 4.79 Å². The van der Waals surface area contributed by atoms with Crippen molar-refractivity contribution in [3.05, 3.63) is 76.7 Å². The van der Waals surface area contributed by atoms with Gasteiger partial charge in [-0.2, -0.15) is 5.10 Å². The Hall–Kier alpha value is -3.39. The lowest BCUT2D eigenvalue weighted by Gasteiger charge is -2.12. The van der Waals surface area contributed by atoms with E-state index in [-0.39, 0.29) is 12.0 Å². The standard InChI is InChI=1S/C21H18N4O3S/c1-14-7-9-15(10-8-14)24-20(28)17-13-22-25(16-5-3-2-4-6-16)19(17)23-21(24)29-12-11-18(26)27/h2-10,13H,11-12H2,1H3,(H,26,27). The Morgan fingerprint density at radius 1 is 1.07 bits per heavy atom. The van der Waals surface area contributed by atoms with Crippen LogP contribution in [0.2, 0.25) is 0 Å². The Balaban J connectivity index is 1.91. The number of aryl methyl sites for hydroxylation is 1. The molecule has 0 aliphatic rings. The number of rotatable bonds is 6. The third-order valence-electron chi connectivity index (χ3n) is 4.41. The highest BCUT2D eigenvalue weighted by atomic mass is 32.2. The number of aliphatic carboxylic acids is 1. The summed E-state index contributed by atoms with van der Waals surface area (Å²) in [5.41, 5.74) is 2.76. The number of fused-ring (bicyclic) bond motifs is 1. The van der Waals surface area contributed by atoms with Gasteiger partial charge in [0.2, 0.25) is 0 Å². The van der Waals surface area contributed by atoms with Crippen LogP contribution in [0.5, 0.6) is 0 Å². The third-order valence-corrected chi connectivity index (χ3v) is 5.35. The van der Waals surface area contributed by atoms with E-state index in [1.54, 1.807) is 4.68 Å². The molecule has 0 atom stereocenters. The van der Waals surface area contributed by atoms with Crippen molar-refractivity contribution in [3.63, 3.8) is 0 Å². The number of nitrogens with zero attached hydrogens (tertiary/aromatic N) is 4. The number of hydrogen-bond donors (Lipinski definition) is 1. The van der Waals surface area contributed by atoms with Crippen LogP contribution in [0.25, 0.3) is 22.4 Å². The normalized spacial score (nSPS) is 11.1. The number of carboxylic acids is 1. The van der Waals surface area contributed by atoms with Gasteiger partial charge in [-0.15, -0.1) is 0 Å². The molecule has 4 aromatic rings. The largest absolute Gasteiger partial charge is 0.481 e. The highest BCUT2D eigenvalue weighted by Crippen LogP contribution is 2.23. The number of carbonyl (C=O) groups is 1. The molecule has 8 heteroatoms. The van der Waals surface area contributed by atoms with Crippen LogP contribution in [0.3, 0.4) is 0 Å². The number of aromatic nitrogens is 4. The first kappa shape index (κ1) is 18.9. The Bertz CT molecular complexity index is 1230. The molecule has 2 aromatic carbocycles. The van der Waals surface area contributed by atoms with Gasteiger partial charge >= 0.3 is 5.97 Å². The summed E-state index contributed by atoms with van der Waals surface area (Å²) in [6.45, 7) is 1.97. The van der Waals surface area contributed by atoms with Crippen LogP contribution in [0.4, 0.5) is 0 Å². The minimum absolute atomic E-state index is 0.0234. The monoisotopic (exact) mass is 406 g/mol. The fourth-order valence-electron chi connectivity index (χ4n) is 2.95. The van der Waals surface area contributed by atoms with Crippen LogP contribution in [0.15, 0.2) is 70.7 Å².